The maximum absolute atomic E-state index is 13.5. The fourth-order valence-electron chi connectivity index (χ4n) is 3.40. The number of benzene rings is 2. The van der Waals surface area contributed by atoms with E-state index < -0.39 is 10.0 Å². The van der Waals surface area contributed by atoms with Crippen LogP contribution in [0.1, 0.15) is 39.5 Å². The molecular formula is C24H34N2O5S. The van der Waals surface area contributed by atoms with Crippen molar-refractivity contribution in [2.24, 2.45) is 5.92 Å². The Labute approximate surface area is 191 Å². The topological polar surface area (TPSA) is 84.9 Å². The molecule has 0 radical (unpaired) electrons. The number of sulfonamides is 1. The molecule has 0 heterocycles. The lowest BCUT2D eigenvalue weighted by Crippen LogP contribution is -2.42. The molecule has 176 valence electrons. The van der Waals surface area contributed by atoms with E-state index in [0.717, 1.165) is 30.0 Å². The quantitative estimate of drug-likeness (QED) is 0.481. The van der Waals surface area contributed by atoms with Crippen LogP contribution < -0.4 is 19.1 Å². The average Bonchev–Trinajstić information content (AvgIpc) is 2.82. The van der Waals surface area contributed by atoms with Crippen molar-refractivity contribution < 1.29 is 22.7 Å². The Morgan fingerprint density at radius 3 is 2.38 bits per heavy atom. The van der Waals surface area contributed by atoms with Crippen LogP contribution in [0, 0.1) is 5.92 Å². The van der Waals surface area contributed by atoms with Crippen molar-refractivity contribution in [2.45, 2.75) is 44.4 Å². The molecule has 2 aromatic rings. The number of methoxy groups -OCH3 is 2. The van der Waals surface area contributed by atoms with Gasteiger partial charge in [0.05, 0.1) is 24.8 Å². The first-order chi connectivity index (χ1) is 15.4. The molecule has 0 bridgehead atoms. The molecule has 0 aliphatic heterocycles. The molecule has 0 saturated carbocycles. The van der Waals surface area contributed by atoms with Gasteiger partial charge in [-0.2, -0.15) is 0 Å². The van der Waals surface area contributed by atoms with Crippen molar-refractivity contribution in [3.05, 3.63) is 48.5 Å². The number of anilines is 1. The number of carbonyl (C=O) groups excluding carboxylic acids is 1. The fraction of sp³-hybridized carbons (Fsp3) is 0.458. The first kappa shape index (κ1) is 25.5. The number of nitrogens with one attached hydrogen (secondary N) is 1. The standard InChI is InChI=1S/C24H34N2O5S/c1-5-7-11-19(6-2)17-25-24(27)18-26(32(28,29)21-12-9-8-10-13-21)22-16-20(30-3)14-15-23(22)31-4/h8-10,12-16,19H,5-7,11,17-18H2,1-4H3,(H,25,27). The zero-order chi connectivity index (χ0) is 23.6. The molecule has 2 rings (SSSR count). The highest BCUT2D eigenvalue weighted by atomic mass is 32.2. The minimum absolute atomic E-state index is 0.0899. The minimum Gasteiger partial charge on any atom is -0.497 e. The van der Waals surface area contributed by atoms with Crippen LogP contribution in [-0.2, 0) is 14.8 Å². The largest absolute Gasteiger partial charge is 0.497 e. The van der Waals surface area contributed by atoms with Gasteiger partial charge in [-0.3, -0.25) is 9.10 Å². The first-order valence-electron chi connectivity index (χ1n) is 10.9. The SMILES string of the molecule is CCCCC(CC)CNC(=O)CN(c1cc(OC)ccc1OC)S(=O)(=O)c1ccccc1. The molecule has 8 heteroatoms. The second kappa shape index (κ2) is 12.3. The molecule has 1 amide bonds. The highest BCUT2D eigenvalue weighted by Crippen LogP contribution is 2.35. The van der Waals surface area contributed by atoms with E-state index in [4.69, 9.17) is 9.47 Å². The second-order valence-electron chi connectivity index (χ2n) is 7.58. The Balaban J connectivity index is 2.37. The van der Waals surface area contributed by atoms with Gasteiger partial charge < -0.3 is 14.8 Å². The summed E-state index contributed by atoms with van der Waals surface area (Å²) in [6.45, 7) is 4.38. The van der Waals surface area contributed by atoms with Crippen molar-refractivity contribution in [1.29, 1.82) is 0 Å². The molecule has 0 spiro atoms. The molecule has 0 aliphatic rings. The van der Waals surface area contributed by atoms with Crippen molar-refractivity contribution >= 4 is 21.6 Å². The Hall–Kier alpha value is -2.74. The van der Waals surface area contributed by atoms with Crippen molar-refractivity contribution in [3.63, 3.8) is 0 Å². The summed E-state index contributed by atoms with van der Waals surface area (Å²) < 4.78 is 38.8. The summed E-state index contributed by atoms with van der Waals surface area (Å²) in [6.07, 6.45) is 4.19. The Kier molecular flexibility index (Phi) is 9.84. The van der Waals surface area contributed by atoms with Crippen LogP contribution in [0.4, 0.5) is 5.69 Å². The molecule has 7 nitrogen and oxygen atoms in total. The van der Waals surface area contributed by atoms with E-state index in [0.29, 0.717) is 24.0 Å². The molecule has 1 unspecified atom stereocenters. The van der Waals surface area contributed by atoms with Crippen molar-refractivity contribution in [3.8, 4) is 11.5 Å². The number of nitrogens with zero attached hydrogens (tertiary/aromatic N) is 1. The number of unbranched alkanes of at least 4 members (excludes halogenated alkanes) is 1. The minimum atomic E-state index is -4.03. The van der Waals surface area contributed by atoms with Gasteiger partial charge in [-0.15, -0.1) is 0 Å². The fourth-order valence-corrected chi connectivity index (χ4v) is 4.84. The summed E-state index contributed by atoms with van der Waals surface area (Å²) in [4.78, 5) is 13.0. The summed E-state index contributed by atoms with van der Waals surface area (Å²) >= 11 is 0. The van der Waals surface area contributed by atoms with Crippen LogP contribution >= 0.6 is 0 Å². The number of hydrogen-bond donors (Lipinski definition) is 1. The number of rotatable bonds is 13. The van der Waals surface area contributed by atoms with E-state index in [1.807, 2.05) is 0 Å². The monoisotopic (exact) mass is 462 g/mol. The van der Waals surface area contributed by atoms with Crippen LogP contribution in [0.3, 0.4) is 0 Å². The summed E-state index contributed by atoms with van der Waals surface area (Å²) in [5.41, 5.74) is 0.240. The summed E-state index contributed by atoms with van der Waals surface area (Å²) in [5, 5.41) is 2.92. The smallest absolute Gasteiger partial charge is 0.264 e. The number of ether oxygens (including phenoxy) is 2. The maximum Gasteiger partial charge on any atom is 0.264 e. The molecule has 2 aromatic carbocycles. The third-order valence-electron chi connectivity index (χ3n) is 5.40. The molecular weight excluding hydrogens is 428 g/mol. The lowest BCUT2D eigenvalue weighted by atomic mass is 9.99. The predicted octanol–water partition coefficient (Wildman–Crippen LogP) is 4.23. The van der Waals surface area contributed by atoms with Crippen LogP contribution in [0.25, 0.3) is 0 Å². The van der Waals surface area contributed by atoms with E-state index in [9.17, 15) is 13.2 Å². The predicted molar refractivity (Wildman–Crippen MR) is 127 cm³/mol. The van der Waals surface area contributed by atoms with Gasteiger partial charge in [-0.25, -0.2) is 8.42 Å². The average molecular weight is 463 g/mol. The Bertz CT molecular complexity index is 964. The number of carbonyl (C=O) groups is 1. The molecule has 1 atom stereocenters. The normalized spacial score (nSPS) is 12.1. The van der Waals surface area contributed by atoms with Gasteiger partial charge in [0, 0.05) is 12.6 Å². The van der Waals surface area contributed by atoms with Crippen molar-refractivity contribution in [1.82, 2.24) is 5.32 Å². The van der Waals surface area contributed by atoms with E-state index in [-0.39, 0.29) is 23.0 Å². The van der Waals surface area contributed by atoms with Gasteiger partial charge in [0.15, 0.2) is 0 Å². The summed E-state index contributed by atoms with van der Waals surface area (Å²) in [6, 6.07) is 12.9. The Morgan fingerprint density at radius 1 is 1.06 bits per heavy atom. The molecule has 1 N–H and O–H groups in total. The van der Waals surface area contributed by atoms with Gasteiger partial charge in [0.1, 0.15) is 18.0 Å². The molecule has 0 aromatic heterocycles. The highest BCUT2D eigenvalue weighted by Gasteiger charge is 2.30. The van der Waals surface area contributed by atoms with Gasteiger partial charge in [0.2, 0.25) is 5.91 Å². The number of amides is 1. The van der Waals surface area contributed by atoms with Gasteiger partial charge in [0.25, 0.3) is 10.0 Å². The van der Waals surface area contributed by atoms with E-state index in [2.05, 4.69) is 19.2 Å². The zero-order valence-electron chi connectivity index (χ0n) is 19.3. The van der Waals surface area contributed by atoms with E-state index in [1.54, 1.807) is 36.4 Å². The molecule has 0 aliphatic carbocycles. The first-order valence-corrected chi connectivity index (χ1v) is 12.4. The van der Waals surface area contributed by atoms with E-state index >= 15 is 0 Å². The highest BCUT2D eigenvalue weighted by molar-refractivity contribution is 7.92. The summed E-state index contributed by atoms with van der Waals surface area (Å²) in [5.74, 6) is 0.779. The van der Waals surface area contributed by atoms with Crippen LogP contribution in [-0.4, -0.2) is 41.6 Å². The van der Waals surface area contributed by atoms with Crippen molar-refractivity contribution in [2.75, 3.05) is 31.6 Å². The van der Waals surface area contributed by atoms with Crippen LogP contribution in [0.5, 0.6) is 11.5 Å². The maximum atomic E-state index is 13.5. The summed E-state index contributed by atoms with van der Waals surface area (Å²) in [7, 11) is -1.08. The lowest BCUT2D eigenvalue weighted by molar-refractivity contribution is -0.119. The Morgan fingerprint density at radius 2 is 1.78 bits per heavy atom. The number of hydrogen-bond acceptors (Lipinski definition) is 5. The molecule has 32 heavy (non-hydrogen) atoms. The van der Waals surface area contributed by atoms with Crippen LogP contribution in [0.2, 0.25) is 0 Å². The second-order valence-corrected chi connectivity index (χ2v) is 9.45. The van der Waals surface area contributed by atoms with Gasteiger partial charge in [-0.05, 0) is 36.6 Å². The molecule has 0 fully saturated rings. The third kappa shape index (κ3) is 6.63. The van der Waals surface area contributed by atoms with Crippen LogP contribution in [0.15, 0.2) is 53.4 Å². The van der Waals surface area contributed by atoms with E-state index in [1.165, 1.54) is 26.4 Å². The molecule has 0 saturated heterocycles. The van der Waals surface area contributed by atoms with Gasteiger partial charge in [-0.1, -0.05) is 51.3 Å². The third-order valence-corrected chi connectivity index (χ3v) is 7.18. The lowest BCUT2D eigenvalue weighted by Gasteiger charge is -2.26. The van der Waals surface area contributed by atoms with Gasteiger partial charge >= 0.3 is 0 Å². The zero-order valence-corrected chi connectivity index (χ0v) is 20.2.